The lowest BCUT2D eigenvalue weighted by atomic mass is 10.1. The van der Waals surface area contributed by atoms with Crippen molar-refractivity contribution in [3.05, 3.63) is 69.8 Å². The number of nitrogens with zero attached hydrogens (tertiary/aromatic N) is 2. The molecule has 0 fully saturated rings. The van der Waals surface area contributed by atoms with E-state index < -0.39 is 0 Å². The van der Waals surface area contributed by atoms with Gasteiger partial charge in [0.15, 0.2) is 5.82 Å². The zero-order valence-corrected chi connectivity index (χ0v) is 15.8. The minimum absolute atomic E-state index is 0.0236. The quantitative estimate of drug-likeness (QED) is 0.693. The van der Waals surface area contributed by atoms with Gasteiger partial charge in [-0.3, -0.25) is 9.36 Å². The fourth-order valence-corrected chi connectivity index (χ4v) is 3.29. The van der Waals surface area contributed by atoms with Crippen molar-refractivity contribution >= 4 is 10.9 Å². The van der Waals surface area contributed by atoms with Crippen LogP contribution in [0.1, 0.15) is 29.9 Å². The number of methoxy groups -OCH3 is 1. The molecule has 0 saturated carbocycles. The summed E-state index contributed by atoms with van der Waals surface area (Å²) in [5, 5.41) is 2.79. The number of hydrogen-bond donors (Lipinski definition) is 1. The molecule has 0 aliphatic heterocycles. The number of quaternary nitrogens is 1. The lowest BCUT2D eigenvalue weighted by molar-refractivity contribution is -0.695. The van der Waals surface area contributed by atoms with E-state index in [1.807, 2.05) is 43.3 Å². The van der Waals surface area contributed by atoms with Crippen LogP contribution in [0.5, 0.6) is 0 Å². The zero-order valence-electron chi connectivity index (χ0n) is 15.8. The summed E-state index contributed by atoms with van der Waals surface area (Å²) >= 11 is 0. The first kappa shape index (κ1) is 18.3. The van der Waals surface area contributed by atoms with Gasteiger partial charge in [-0.1, -0.05) is 29.8 Å². The van der Waals surface area contributed by atoms with Crippen LogP contribution in [0, 0.1) is 13.8 Å². The van der Waals surface area contributed by atoms with E-state index in [9.17, 15) is 4.79 Å². The van der Waals surface area contributed by atoms with Gasteiger partial charge in [0.05, 0.1) is 29.7 Å². The molecule has 0 bridgehead atoms. The van der Waals surface area contributed by atoms with Crippen LogP contribution in [0.4, 0.5) is 0 Å². The molecular formula is C21H26N3O2+. The van der Waals surface area contributed by atoms with Gasteiger partial charge in [-0.2, -0.15) is 0 Å². The lowest BCUT2D eigenvalue weighted by Gasteiger charge is -2.19. The molecule has 0 aliphatic carbocycles. The van der Waals surface area contributed by atoms with Gasteiger partial charge in [0.1, 0.15) is 6.04 Å². The van der Waals surface area contributed by atoms with Gasteiger partial charge < -0.3 is 10.1 Å². The first-order chi connectivity index (χ1) is 12.5. The van der Waals surface area contributed by atoms with Crippen LogP contribution >= 0.6 is 0 Å². The molecule has 0 amide bonds. The van der Waals surface area contributed by atoms with Gasteiger partial charge in [0, 0.05) is 7.11 Å². The summed E-state index contributed by atoms with van der Waals surface area (Å²) in [6.45, 7) is 7.64. The minimum atomic E-state index is -0.0236. The number of nitrogens with two attached hydrogens (primary N) is 1. The van der Waals surface area contributed by atoms with Gasteiger partial charge in [0.2, 0.25) is 0 Å². The highest BCUT2D eigenvalue weighted by Gasteiger charge is 2.20. The Kier molecular flexibility index (Phi) is 5.49. The van der Waals surface area contributed by atoms with E-state index >= 15 is 0 Å². The molecule has 136 valence electrons. The molecule has 3 rings (SSSR count). The molecule has 5 heteroatoms. The van der Waals surface area contributed by atoms with Gasteiger partial charge in [-0.15, -0.1) is 0 Å². The standard InChI is InChI=1S/C21H25N3O2/c1-14-9-10-19(15(2)13-14)24-20(16(3)22-11-12-26-4)23-18-8-6-5-7-17(18)21(24)25/h5-10,13,16,22H,11-12H2,1-4H3/p+1/t16-/m0/s1. The summed E-state index contributed by atoms with van der Waals surface area (Å²) in [4.78, 5) is 18.2. The number of para-hydroxylation sites is 1. The number of aromatic nitrogens is 2. The van der Waals surface area contributed by atoms with Crippen LogP contribution in [0.25, 0.3) is 16.6 Å². The maximum absolute atomic E-state index is 13.3. The average Bonchev–Trinajstić information content (AvgIpc) is 2.62. The van der Waals surface area contributed by atoms with Crippen LogP contribution in [0.15, 0.2) is 47.3 Å². The number of ether oxygens (including phenoxy) is 1. The van der Waals surface area contributed by atoms with E-state index in [0.717, 1.165) is 29.1 Å². The number of aryl methyl sites for hydroxylation is 2. The maximum atomic E-state index is 13.3. The number of rotatable bonds is 6. The van der Waals surface area contributed by atoms with Crippen molar-refractivity contribution in [2.45, 2.75) is 26.8 Å². The molecular weight excluding hydrogens is 326 g/mol. The van der Waals surface area contributed by atoms with Crippen LogP contribution in [-0.2, 0) is 4.74 Å². The summed E-state index contributed by atoms with van der Waals surface area (Å²) in [6.07, 6.45) is 0. The number of fused-ring (bicyclic) bond motifs is 1. The molecule has 3 aromatic rings. The zero-order chi connectivity index (χ0) is 18.7. The molecule has 1 heterocycles. The second-order valence-electron chi connectivity index (χ2n) is 6.72. The molecule has 0 spiro atoms. The van der Waals surface area contributed by atoms with Crippen molar-refractivity contribution in [3.63, 3.8) is 0 Å². The summed E-state index contributed by atoms with van der Waals surface area (Å²) in [7, 11) is 1.69. The first-order valence-electron chi connectivity index (χ1n) is 8.94. The first-order valence-corrected chi connectivity index (χ1v) is 8.94. The highest BCUT2D eigenvalue weighted by Crippen LogP contribution is 2.19. The summed E-state index contributed by atoms with van der Waals surface area (Å²) in [5.41, 5.74) is 3.84. The van der Waals surface area contributed by atoms with Crippen molar-refractivity contribution in [1.29, 1.82) is 0 Å². The topological polar surface area (TPSA) is 60.7 Å². The third kappa shape index (κ3) is 3.54. The lowest BCUT2D eigenvalue weighted by Crippen LogP contribution is -2.86. The predicted molar refractivity (Wildman–Crippen MR) is 104 cm³/mol. The third-order valence-electron chi connectivity index (χ3n) is 4.64. The molecule has 5 nitrogen and oxygen atoms in total. The SMILES string of the molecule is COCC[NH2+][C@@H](C)c1nc2ccccc2c(=O)n1-c1ccc(C)cc1C. The van der Waals surface area contributed by atoms with E-state index in [0.29, 0.717) is 12.0 Å². The minimum Gasteiger partial charge on any atom is -0.379 e. The smallest absolute Gasteiger partial charge is 0.266 e. The molecule has 26 heavy (non-hydrogen) atoms. The van der Waals surface area contributed by atoms with Gasteiger partial charge >= 0.3 is 0 Å². The van der Waals surface area contributed by atoms with E-state index in [1.165, 1.54) is 5.56 Å². The molecule has 0 aliphatic rings. The van der Waals surface area contributed by atoms with Crippen LogP contribution in [-0.4, -0.2) is 29.8 Å². The van der Waals surface area contributed by atoms with E-state index in [2.05, 4.69) is 25.2 Å². The van der Waals surface area contributed by atoms with Crippen molar-refractivity contribution in [2.75, 3.05) is 20.3 Å². The summed E-state index contributed by atoms with van der Waals surface area (Å²) < 4.78 is 6.92. The van der Waals surface area contributed by atoms with Crippen LogP contribution in [0.3, 0.4) is 0 Å². The maximum Gasteiger partial charge on any atom is 0.266 e. The van der Waals surface area contributed by atoms with Crippen molar-refractivity contribution in [1.82, 2.24) is 9.55 Å². The molecule has 2 N–H and O–H groups in total. The van der Waals surface area contributed by atoms with E-state index in [4.69, 9.17) is 9.72 Å². The number of hydrogen-bond acceptors (Lipinski definition) is 3. The Balaban J connectivity index is 2.22. The Hall–Kier alpha value is -2.50. The highest BCUT2D eigenvalue weighted by atomic mass is 16.5. The molecule has 1 atom stereocenters. The fraction of sp³-hybridized carbons (Fsp3) is 0.333. The molecule has 0 unspecified atom stereocenters. The van der Waals surface area contributed by atoms with Gasteiger partial charge in [0.25, 0.3) is 5.56 Å². The third-order valence-corrected chi connectivity index (χ3v) is 4.64. The molecule has 1 aromatic heterocycles. The Morgan fingerprint density at radius 2 is 1.96 bits per heavy atom. The van der Waals surface area contributed by atoms with Crippen LogP contribution < -0.4 is 10.9 Å². The average molecular weight is 352 g/mol. The molecule has 2 aromatic carbocycles. The van der Waals surface area contributed by atoms with E-state index in [1.54, 1.807) is 11.7 Å². The van der Waals surface area contributed by atoms with Gasteiger partial charge in [-0.25, -0.2) is 4.98 Å². The van der Waals surface area contributed by atoms with Crippen molar-refractivity contribution in [2.24, 2.45) is 0 Å². The Morgan fingerprint density at radius 1 is 1.19 bits per heavy atom. The van der Waals surface area contributed by atoms with E-state index in [-0.39, 0.29) is 11.6 Å². The highest BCUT2D eigenvalue weighted by molar-refractivity contribution is 5.78. The monoisotopic (exact) mass is 352 g/mol. The van der Waals surface area contributed by atoms with Crippen LogP contribution in [0.2, 0.25) is 0 Å². The fourth-order valence-electron chi connectivity index (χ4n) is 3.29. The second-order valence-corrected chi connectivity index (χ2v) is 6.72. The Morgan fingerprint density at radius 3 is 2.69 bits per heavy atom. The number of benzene rings is 2. The normalized spacial score (nSPS) is 12.5. The Labute approximate surface area is 153 Å². The summed E-state index contributed by atoms with van der Waals surface area (Å²) in [6, 6.07) is 13.7. The predicted octanol–water partition coefficient (Wildman–Crippen LogP) is 2.27. The summed E-state index contributed by atoms with van der Waals surface area (Å²) in [5.74, 6) is 0.761. The largest absolute Gasteiger partial charge is 0.379 e. The second kappa shape index (κ2) is 7.81. The van der Waals surface area contributed by atoms with Gasteiger partial charge in [-0.05, 0) is 44.5 Å². The molecule has 0 radical (unpaired) electrons. The van der Waals surface area contributed by atoms with Crippen molar-refractivity contribution in [3.8, 4) is 5.69 Å². The van der Waals surface area contributed by atoms with Crippen molar-refractivity contribution < 1.29 is 10.1 Å². The Bertz CT molecular complexity index is 979. The molecule has 0 saturated heterocycles.